The van der Waals surface area contributed by atoms with Crippen molar-refractivity contribution in [3.8, 4) is 0 Å². The monoisotopic (exact) mass is 246 g/mol. The second-order valence-corrected chi connectivity index (χ2v) is 6.84. The van der Waals surface area contributed by atoms with Crippen molar-refractivity contribution >= 4 is 15.7 Å². The van der Waals surface area contributed by atoms with Crippen molar-refractivity contribution < 1.29 is 13.2 Å². The molecule has 2 rings (SSSR count). The Labute approximate surface area is 96.1 Å². The third kappa shape index (κ3) is 2.95. The second-order valence-electron chi connectivity index (χ2n) is 4.61. The van der Waals surface area contributed by atoms with Crippen LogP contribution in [-0.2, 0) is 14.6 Å². The third-order valence-corrected chi connectivity index (χ3v) is 5.07. The molecule has 0 aromatic rings. The number of carbonyl (C=O) groups excluding carboxylic acids is 1. The highest BCUT2D eigenvalue weighted by atomic mass is 32.2. The van der Waals surface area contributed by atoms with Crippen molar-refractivity contribution in [3.63, 3.8) is 0 Å². The van der Waals surface area contributed by atoms with Gasteiger partial charge in [-0.05, 0) is 12.3 Å². The summed E-state index contributed by atoms with van der Waals surface area (Å²) in [5.41, 5.74) is 0. The Bertz CT molecular complexity index is 366. The van der Waals surface area contributed by atoms with Crippen molar-refractivity contribution in [2.75, 3.05) is 37.7 Å². The van der Waals surface area contributed by atoms with E-state index >= 15 is 0 Å². The summed E-state index contributed by atoms with van der Waals surface area (Å²) in [5, 5.41) is 3.17. The van der Waals surface area contributed by atoms with E-state index in [1.54, 1.807) is 0 Å². The highest BCUT2D eigenvalue weighted by Gasteiger charge is 2.30. The molecule has 2 saturated heterocycles. The van der Waals surface area contributed by atoms with Gasteiger partial charge in [-0.3, -0.25) is 4.79 Å². The van der Waals surface area contributed by atoms with Gasteiger partial charge in [0, 0.05) is 32.6 Å². The molecular weight excluding hydrogens is 228 g/mol. The van der Waals surface area contributed by atoms with Crippen LogP contribution >= 0.6 is 0 Å². The van der Waals surface area contributed by atoms with E-state index in [2.05, 4.69) is 5.32 Å². The van der Waals surface area contributed by atoms with Crippen LogP contribution in [0.15, 0.2) is 0 Å². The van der Waals surface area contributed by atoms with Crippen molar-refractivity contribution in [1.29, 1.82) is 0 Å². The zero-order valence-corrected chi connectivity index (χ0v) is 10.1. The molecule has 1 unspecified atom stereocenters. The number of nitrogens with zero attached hydrogens (tertiary/aromatic N) is 1. The molecule has 2 heterocycles. The molecule has 5 nitrogen and oxygen atoms in total. The van der Waals surface area contributed by atoms with Crippen molar-refractivity contribution in [2.45, 2.75) is 12.8 Å². The summed E-state index contributed by atoms with van der Waals surface area (Å²) in [7, 11) is -2.83. The van der Waals surface area contributed by atoms with E-state index in [-0.39, 0.29) is 23.3 Å². The topological polar surface area (TPSA) is 66.5 Å². The molecule has 0 aromatic heterocycles. The maximum atomic E-state index is 11.7. The van der Waals surface area contributed by atoms with Crippen LogP contribution in [0.4, 0.5) is 0 Å². The predicted octanol–water partition coefficient (Wildman–Crippen LogP) is -0.757. The summed E-state index contributed by atoms with van der Waals surface area (Å²) < 4.78 is 22.6. The molecule has 2 aliphatic rings. The number of sulfone groups is 1. The molecule has 16 heavy (non-hydrogen) atoms. The first kappa shape index (κ1) is 11.9. The molecule has 2 aliphatic heterocycles. The molecule has 0 radical (unpaired) electrons. The minimum Gasteiger partial charge on any atom is -0.341 e. The molecular formula is C10H18N2O3S. The maximum Gasteiger partial charge on any atom is 0.223 e. The van der Waals surface area contributed by atoms with Gasteiger partial charge in [-0.15, -0.1) is 0 Å². The van der Waals surface area contributed by atoms with Crippen LogP contribution in [0.1, 0.15) is 12.8 Å². The van der Waals surface area contributed by atoms with E-state index in [1.807, 2.05) is 4.90 Å². The standard InChI is InChI=1S/C10H18N2O3S/c13-10-1-3-11-4-5-12(10)7-9-2-6-16(14,15)8-9/h9,11H,1-8H2. The van der Waals surface area contributed by atoms with Crippen LogP contribution in [0, 0.1) is 5.92 Å². The lowest BCUT2D eigenvalue weighted by atomic mass is 10.1. The number of hydrogen-bond donors (Lipinski definition) is 1. The van der Waals surface area contributed by atoms with Gasteiger partial charge < -0.3 is 10.2 Å². The number of rotatable bonds is 2. The van der Waals surface area contributed by atoms with Gasteiger partial charge in [-0.1, -0.05) is 0 Å². The van der Waals surface area contributed by atoms with Crippen LogP contribution in [0.25, 0.3) is 0 Å². The van der Waals surface area contributed by atoms with E-state index in [0.29, 0.717) is 25.9 Å². The van der Waals surface area contributed by atoms with Gasteiger partial charge in [0.2, 0.25) is 5.91 Å². The van der Waals surface area contributed by atoms with Gasteiger partial charge >= 0.3 is 0 Å². The highest BCUT2D eigenvalue weighted by Crippen LogP contribution is 2.19. The van der Waals surface area contributed by atoms with Gasteiger partial charge in [-0.2, -0.15) is 0 Å². The quantitative estimate of drug-likeness (QED) is 0.696. The van der Waals surface area contributed by atoms with Crippen LogP contribution < -0.4 is 5.32 Å². The Morgan fingerprint density at radius 3 is 2.88 bits per heavy atom. The molecule has 0 bridgehead atoms. The Kier molecular flexibility index (Phi) is 3.49. The molecule has 1 amide bonds. The Morgan fingerprint density at radius 2 is 2.19 bits per heavy atom. The second kappa shape index (κ2) is 4.71. The summed E-state index contributed by atoms with van der Waals surface area (Å²) in [6.45, 7) is 2.86. The summed E-state index contributed by atoms with van der Waals surface area (Å²) in [6.07, 6.45) is 1.24. The molecule has 0 aromatic carbocycles. The summed E-state index contributed by atoms with van der Waals surface area (Å²) in [6, 6.07) is 0. The minimum atomic E-state index is -2.83. The molecule has 0 spiro atoms. The van der Waals surface area contributed by atoms with E-state index in [9.17, 15) is 13.2 Å². The molecule has 0 aliphatic carbocycles. The SMILES string of the molecule is O=C1CCNCCN1CC1CCS(=O)(=O)C1. The molecule has 6 heteroatoms. The van der Waals surface area contributed by atoms with Gasteiger partial charge in [0.1, 0.15) is 0 Å². The highest BCUT2D eigenvalue weighted by molar-refractivity contribution is 7.91. The Balaban J connectivity index is 1.91. The number of nitrogens with one attached hydrogen (secondary N) is 1. The predicted molar refractivity (Wildman–Crippen MR) is 60.8 cm³/mol. The number of amides is 1. The third-order valence-electron chi connectivity index (χ3n) is 3.23. The Morgan fingerprint density at radius 1 is 1.38 bits per heavy atom. The first-order valence-electron chi connectivity index (χ1n) is 5.76. The van der Waals surface area contributed by atoms with Gasteiger partial charge in [-0.25, -0.2) is 8.42 Å². The van der Waals surface area contributed by atoms with Crippen LogP contribution in [-0.4, -0.2) is 56.9 Å². The zero-order valence-electron chi connectivity index (χ0n) is 9.31. The maximum absolute atomic E-state index is 11.7. The molecule has 1 N–H and O–H groups in total. The average molecular weight is 246 g/mol. The molecule has 2 fully saturated rings. The Hall–Kier alpha value is -0.620. The first-order chi connectivity index (χ1) is 7.57. The van der Waals surface area contributed by atoms with Gasteiger partial charge in [0.25, 0.3) is 0 Å². The lowest BCUT2D eigenvalue weighted by molar-refractivity contribution is -0.130. The van der Waals surface area contributed by atoms with E-state index in [1.165, 1.54) is 0 Å². The largest absolute Gasteiger partial charge is 0.341 e. The van der Waals surface area contributed by atoms with Crippen molar-refractivity contribution in [1.82, 2.24) is 10.2 Å². The van der Waals surface area contributed by atoms with Crippen molar-refractivity contribution in [3.05, 3.63) is 0 Å². The minimum absolute atomic E-state index is 0.145. The van der Waals surface area contributed by atoms with E-state index < -0.39 is 9.84 Å². The fourth-order valence-corrected chi connectivity index (χ4v) is 4.19. The lowest BCUT2D eigenvalue weighted by Gasteiger charge is -2.23. The van der Waals surface area contributed by atoms with Gasteiger partial charge in [0.05, 0.1) is 11.5 Å². The van der Waals surface area contributed by atoms with Gasteiger partial charge in [0.15, 0.2) is 9.84 Å². The summed E-state index contributed by atoms with van der Waals surface area (Å²) in [4.78, 5) is 13.5. The lowest BCUT2D eigenvalue weighted by Crippen LogP contribution is -2.36. The van der Waals surface area contributed by atoms with E-state index in [4.69, 9.17) is 0 Å². The normalized spacial score (nSPS) is 30.4. The van der Waals surface area contributed by atoms with E-state index in [0.717, 1.165) is 13.1 Å². The summed E-state index contributed by atoms with van der Waals surface area (Å²) >= 11 is 0. The van der Waals surface area contributed by atoms with Crippen LogP contribution in [0.5, 0.6) is 0 Å². The number of carbonyl (C=O) groups is 1. The number of hydrogen-bond acceptors (Lipinski definition) is 4. The smallest absolute Gasteiger partial charge is 0.223 e. The average Bonchev–Trinajstić information content (AvgIpc) is 2.41. The zero-order chi connectivity index (χ0) is 11.6. The fourth-order valence-electron chi connectivity index (χ4n) is 2.34. The summed E-state index contributed by atoms with van der Waals surface area (Å²) in [5.74, 6) is 0.837. The van der Waals surface area contributed by atoms with Crippen LogP contribution in [0.2, 0.25) is 0 Å². The first-order valence-corrected chi connectivity index (χ1v) is 7.58. The molecule has 0 saturated carbocycles. The fraction of sp³-hybridized carbons (Fsp3) is 0.900. The molecule has 92 valence electrons. The molecule has 1 atom stereocenters. The van der Waals surface area contributed by atoms with Crippen LogP contribution in [0.3, 0.4) is 0 Å². The van der Waals surface area contributed by atoms with Crippen molar-refractivity contribution in [2.24, 2.45) is 5.92 Å².